The van der Waals surface area contributed by atoms with Crippen LogP contribution < -0.4 is 5.73 Å². The molecule has 16 heavy (non-hydrogen) atoms. The molecule has 0 unspecified atom stereocenters. The molecule has 3 heterocycles. The second-order valence-electron chi connectivity index (χ2n) is 3.64. The molecule has 0 aliphatic heterocycles. The Kier molecular flexibility index (Phi) is 1.94. The Morgan fingerprint density at radius 2 is 2.31 bits per heavy atom. The Labute approximate surface area is 96.4 Å². The molecule has 80 valence electrons. The standard InChI is InChI=1S/C11H10N4S/c1-7-2-3-15-9(4-7)14-10(11(15)12)8-5-13-6-16-8/h2-6H,12H2,1H3. The van der Waals surface area contributed by atoms with Crippen LogP contribution in [0.5, 0.6) is 0 Å². The summed E-state index contributed by atoms with van der Waals surface area (Å²) in [5.74, 6) is 0.666. The monoisotopic (exact) mass is 230 g/mol. The van der Waals surface area contributed by atoms with E-state index in [2.05, 4.69) is 9.97 Å². The molecule has 0 aliphatic rings. The lowest BCUT2D eigenvalue weighted by Crippen LogP contribution is -1.93. The average molecular weight is 230 g/mol. The van der Waals surface area contributed by atoms with E-state index in [9.17, 15) is 0 Å². The van der Waals surface area contributed by atoms with E-state index in [0.717, 1.165) is 16.2 Å². The van der Waals surface area contributed by atoms with E-state index >= 15 is 0 Å². The van der Waals surface area contributed by atoms with Crippen molar-refractivity contribution in [2.75, 3.05) is 5.73 Å². The van der Waals surface area contributed by atoms with Crippen LogP contribution in [0, 0.1) is 6.92 Å². The summed E-state index contributed by atoms with van der Waals surface area (Å²) >= 11 is 1.54. The molecule has 3 rings (SSSR count). The maximum atomic E-state index is 6.06. The molecule has 2 N–H and O–H groups in total. The van der Waals surface area contributed by atoms with Crippen LogP contribution in [0.1, 0.15) is 5.56 Å². The third-order valence-electron chi connectivity index (χ3n) is 2.48. The van der Waals surface area contributed by atoms with Crippen LogP contribution in [-0.2, 0) is 0 Å². The smallest absolute Gasteiger partial charge is 0.139 e. The number of imidazole rings is 1. The molecule has 0 aliphatic carbocycles. The minimum Gasteiger partial charge on any atom is -0.383 e. The maximum absolute atomic E-state index is 6.06. The average Bonchev–Trinajstić information content (AvgIpc) is 2.86. The van der Waals surface area contributed by atoms with Crippen LogP contribution in [0.2, 0.25) is 0 Å². The zero-order valence-electron chi connectivity index (χ0n) is 8.71. The van der Waals surface area contributed by atoms with E-state index in [4.69, 9.17) is 5.73 Å². The Bertz CT molecular complexity index is 639. The van der Waals surface area contributed by atoms with Crippen molar-refractivity contribution in [3.8, 4) is 10.6 Å². The molecule has 4 nitrogen and oxygen atoms in total. The molecule has 0 radical (unpaired) electrons. The number of rotatable bonds is 1. The highest BCUT2D eigenvalue weighted by molar-refractivity contribution is 7.13. The highest BCUT2D eigenvalue weighted by Gasteiger charge is 2.12. The molecular formula is C11H10N4S. The van der Waals surface area contributed by atoms with E-state index in [-0.39, 0.29) is 0 Å². The fourth-order valence-corrected chi connectivity index (χ4v) is 2.30. The van der Waals surface area contributed by atoms with Gasteiger partial charge in [0.15, 0.2) is 0 Å². The number of fused-ring (bicyclic) bond motifs is 1. The van der Waals surface area contributed by atoms with Gasteiger partial charge < -0.3 is 5.73 Å². The van der Waals surface area contributed by atoms with Gasteiger partial charge in [0.2, 0.25) is 0 Å². The number of aromatic nitrogens is 3. The number of anilines is 1. The van der Waals surface area contributed by atoms with Crippen LogP contribution in [0.25, 0.3) is 16.2 Å². The predicted octanol–water partition coefficient (Wildman–Crippen LogP) is 2.35. The second-order valence-corrected chi connectivity index (χ2v) is 4.53. The zero-order chi connectivity index (χ0) is 11.1. The van der Waals surface area contributed by atoms with E-state index in [1.165, 1.54) is 5.56 Å². The third-order valence-corrected chi connectivity index (χ3v) is 3.26. The largest absolute Gasteiger partial charge is 0.383 e. The summed E-state index contributed by atoms with van der Waals surface area (Å²) in [5.41, 5.74) is 10.7. The van der Waals surface area contributed by atoms with Gasteiger partial charge in [0, 0.05) is 12.4 Å². The van der Waals surface area contributed by atoms with E-state index in [1.807, 2.05) is 29.7 Å². The number of nitrogens with zero attached hydrogens (tertiary/aromatic N) is 3. The summed E-state index contributed by atoms with van der Waals surface area (Å²) in [6.45, 7) is 2.04. The quantitative estimate of drug-likeness (QED) is 0.698. The first-order valence-electron chi connectivity index (χ1n) is 4.89. The van der Waals surface area contributed by atoms with Crippen molar-refractivity contribution in [2.24, 2.45) is 0 Å². The molecule has 0 aromatic carbocycles. The van der Waals surface area contributed by atoms with Gasteiger partial charge in [0.25, 0.3) is 0 Å². The Morgan fingerprint density at radius 1 is 1.44 bits per heavy atom. The van der Waals surface area contributed by atoms with Crippen molar-refractivity contribution < 1.29 is 0 Å². The molecule has 3 aromatic heterocycles. The van der Waals surface area contributed by atoms with Crippen LogP contribution in [0.3, 0.4) is 0 Å². The first kappa shape index (κ1) is 9.35. The van der Waals surface area contributed by atoms with Crippen molar-refractivity contribution in [1.82, 2.24) is 14.4 Å². The molecule has 0 atom stereocenters. The van der Waals surface area contributed by atoms with E-state index in [0.29, 0.717) is 5.82 Å². The van der Waals surface area contributed by atoms with E-state index < -0.39 is 0 Å². The number of pyridine rings is 1. The fraction of sp³-hybridized carbons (Fsp3) is 0.0909. The van der Waals surface area contributed by atoms with Crippen LogP contribution in [-0.4, -0.2) is 14.4 Å². The molecule has 0 amide bonds. The summed E-state index contributed by atoms with van der Waals surface area (Å²) in [5, 5.41) is 0. The number of aryl methyl sites for hydroxylation is 1. The summed E-state index contributed by atoms with van der Waals surface area (Å²) in [6.07, 6.45) is 3.73. The number of nitrogen functional groups attached to an aromatic ring is 1. The first-order chi connectivity index (χ1) is 7.75. The lowest BCUT2D eigenvalue weighted by Gasteiger charge is -1.96. The molecule has 0 spiro atoms. The molecule has 5 heteroatoms. The molecule has 3 aromatic rings. The van der Waals surface area contributed by atoms with Gasteiger partial charge in [-0.05, 0) is 24.6 Å². The van der Waals surface area contributed by atoms with Crippen LogP contribution in [0.15, 0.2) is 30.0 Å². The summed E-state index contributed by atoms with van der Waals surface area (Å²) < 4.78 is 1.89. The summed E-state index contributed by atoms with van der Waals surface area (Å²) in [6, 6.07) is 4.03. The SMILES string of the molecule is Cc1ccn2c(N)c(-c3cncs3)nc2c1. The molecule has 0 saturated carbocycles. The van der Waals surface area contributed by atoms with Crippen molar-refractivity contribution in [1.29, 1.82) is 0 Å². The topological polar surface area (TPSA) is 56.2 Å². The molecular weight excluding hydrogens is 220 g/mol. The first-order valence-corrected chi connectivity index (χ1v) is 5.77. The second kappa shape index (κ2) is 3.31. The highest BCUT2D eigenvalue weighted by atomic mass is 32.1. The normalized spacial score (nSPS) is 11.1. The Balaban J connectivity index is 2.31. The minimum absolute atomic E-state index is 0.666. The number of nitrogens with two attached hydrogens (primary N) is 1. The van der Waals surface area contributed by atoms with Crippen molar-refractivity contribution >= 4 is 22.8 Å². The predicted molar refractivity (Wildman–Crippen MR) is 65.4 cm³/mol. The van der Waals surface area contributed by atoms with Crippen LogP contribution >= 0.6 is 11.3 Å². The van der Waals surface area contributed by atoms with Gasteiger partial charge in [-0.25, -0.2) is 4.98 Å². The summed E-state index contributed by atoms with van der Waals surface area (Å²) in [4.78, 5) is 9.56. The lowest BCUT2D eigenvalue weighted by molar-refractivity contribution is 1.18. The van der Waals surface area contributed by atoms with Gasteiger partial charge in [-0.2, -0.15) is 0 Å². The number of thiazole rings is 1. The van der Waals surface area contributed by atoms with Gasteiger partial charge in [-0.1, -0.05) is 0 Å². The van der Waals surface area contributed by atoms with Gasteiger partial charge in [0.05, 0.1) is 10.4 Å². The third kappa shape index (κ3) is 1.29. The van der Waals surface area contributed by atoms with Crippen molar-refractivity contribution in [2.45, 2.75) is 6.92 Å². The summed E-state index contributed by atoms with van der Waals surface area (Å²) in [7, 11) is 0. The lowest BCUT2D eigenvalue weighted by atomic mass is 10.3. The van der Waals surface area contributed by atoms with E-state index in [1.54, 1.807) is 23.0 Å². The number of hydrogen-bond acceptors (Lipinski definition) is 4. The van der Waals surface area contributed by atoms with Gasteiger partial charge in [-0.15, -0.1) is 11.3 Å². The molecule has 0 bridgehead atoms. The Hall–Kier alpha value is -1.88. The molecule has 0 saturated heterocycles. The zero-order valence-corrected chi connectivity index (χ0v) is 9.53. The van der Waals surface area contributed by atoms with Gasteiger partial charge >= 0.3 is 0 Å². The highest BCUT2D eigenvalue weighted by Crippen LogP contribution is 2.28. The number of hydrogen-bond donors (Lipinski definition) is 1. The molecule has 0 fully saturated rings. The maximum Gasteiger partial charge on any atom is 0.139 e. The minimum atomic E-state index is 0.666. The Morgan fingerprint density at radius 3 is 3.06 bits per heavy atom. The van der Waals surface area contributed by atoms with Crippen molar-refractivity contribution in [3.05, 3.63) is 35.6 Å². The van der Waals surface area contributed by atoms with Crippen molar-refractivity contribution in [3.63, 3.8) is 0 Å². The van der Waals surface area contributed by atoms with Gasteiger partial charge in [-0.3, -0.25) is 9.38 Å². The van der Waals surface area contributed by atoms with Gasteiger partial charge in [0.1, 0.15) is 17.2 Å². The fourth-order valence-electron chi connectivity index (χ4n) is 1.68. The van der Waals surface area contributed by atoms with Crippen LogP contribution in [0.4, 0.5) is 5.82 Å².